The normalized spacial score (nSPS) is 13.4. The number of nitrogens with zero attached hydrogens (tertiary/aromatic N) is 3. The lowest BCUT2D eigenvalue weighted by molar-refractivity contribution is -0.113. The second-order valence-electron chi connectivity index (χ2n) is 4.77. The molecule has 0 aliphatic carbocycles. The van der Waals surface area contributed by atoms with Crippen molar-refractivity contribution in [1.29, 1.82) is 0 Å². The molecule has 0 fully saturated rings. The Kier molecular flexibility index (Phi) is 6.59. The maximum atomic E-state index is 12.3. The molecule has 0 unspecified atom stereocenters. The number of aliphatic hydroxyl groups is 1. The zero-order valence-electron chi connectivity index (χ0n) is 13.6. The topological polar surface area (TPSA) is 99.4 Å². The number of allylic oxidation sites excluding steroid dienone is 2. The van der Waals surface area contributed by atoms with E-state index in [9.17, 15) is 18.3 Å². The molecular weight excluding hydrogens is 318 g/mol. The van der Waals surface area contributed by atoms with Gasteiger partial charge >= 0.3 is 0 Å². The van der Waals surface area contributed by atoms with Gasteiger partial charge in [-0.3, -0.25) is 4.79 Å². The van der Waals surface area contributed by atoms with Crippen LogP contribution in [0.1, 0.15) is 27.7 Å². The lowest BCUT2D eigenvalue weighted by Gasteiger charge is -2.18. The van der Waals surface area contributed by atoms with Crippen molar-refractivity contribution in [1.82, 2.24) is 4.31 Å². The molecule has 0 bridgehead atoms. The zero-order valence-corrected chi connectivity index (χ0v) is 14.5. The Hall–Kier alpha value is -2.06. The molecule has 1 N–H and O–H groups in total. The number of hydrogen-bond acceptors (Lipinski definition) is 6. The first-order valence-corrected chi connectivity index (χ1v) is 8.60. The van der Waals surface area contributed by atoms with E-state index in [1.807, 2.05) is 0 Å². The summed E-state index contributed by atoms with van der Waals surface area (Å²) >= 11 is 0. The molecule has 7 nitrogen and oxygen atoms in total. The molecule has 0 heterocycles. The Bertz CT molecular complexity index is 714. The van der Waals surface area contributed by atoms with Crippen LogP contribution in [-0.2, 0) is 14.8 Å². The first-order chi connectivity index (χ1) is 10.7. The fourth-order valence-electron chi connectivity index (χ4n) is 1.90. The van der Waals surface area contributed by atoms with E-state index in [4.69, 9.17) is 0 Å². The van der Waals surface area contributed by atoms with Crippen molar-refractivity contribution in [3.63, 3.8) is 0 Å². The highest BCUT2D eigenvalue weighted by molar-refractivity contribution is 7.89. The Morgan fingerprint density at radius 1 is 1.13 bits per heavy atom. The predicted octanol–water partition coefficient (Wildman–Crippen LogP) is 3.18. The Labute approximate surface area is 136 Å². The molecule has 0 amide bonds. The van der Waals surface area contributed by atoms with Gasteiger partial charge in [0.25, 0.3) is 0 Å². The van der Waals surface area contributed by atoms with Gasteiger partial charge in [-0.2, -0.15) is 9.42 Å². The quantitative estimate of drug-likeness (QED) is 0.468. The van der Waals surface area contributed by atoms with Gasteiger partial charge in [0.1, 0.15) is 5.76 Å². The van der Waals surface area contributed by atoms with Crippen LogP contribution in [0.25, 0.3) is 0 Å². The Morgan fingerprint density at radius 2 is 1.65 bits per heavy atom. The average Bonchev–Trinajstić information content (AvgIpc) is 2.48. The predicted molar refractivity (Wildman–Crippen MR) is 87.1 cm³/mol. The van der Waals surface area contributed by atoms with E-state index in [0.717, 1.165) is 0 Å². The fraction of sp³-hybridized carbons (Fsp3) is 0.400. The third-order valence-electron chi connectivity index (χ3n) is 3.12. The minimum atomic E-state index is -3.52. The summed E-state index contributed by atoms with van der Waals surface area (Å²) in [6, 6.07) is 5.85. The molecule has 0 saturated carbocycles. The van der Waals surface area contributed by atoms with Crippen LogP contribution in [0.2, 0.25) is 0 Å². The lowest BCUT2D eigenvalue weighted by atomic mass is 10.3. The van der Waals surface area contributed by atoms with Crippen molar-refractivity contribution in [3.05, 3.63) is 35.7 Å². The number of rotatable bonds is 7. The summed E-state index contributed by atoms with van der Waals surface area (Å²) in [5.74, 6) is -0.628. The molecular formula is C15H21N3O4S. The van der Waals surface area contributed by atoms with Crippen LogP contribution in [0.3, 0.4) is 0 Å². The highest BCUT2D eigenvalue weighted by atomic mass is 32.2. The van der Waals surface area contributed by atoms with E-state index in [2.05, 4.69) is 10.2 Å². The smallest absolute Gasteiger partial charge is 0.243 e. The average molecular weight is 339 g/mol. The number of sulfonamides is 1. The van der Waals surface area contributed by atoms with Crippen molar-refractivity contribution in [3.8, 4) is 0 Å². The molecule has 126 valence electrons. The van der Waals surface area contributed by atoms with E-state index in [1.54, 1.807) is 13.8 Å². The summed E-state index contributed by atoms with van der Waals surface area (Å²) in [5, 5.41) is 16.9. The van der Waals surface area contributed by atoms with Crippen LogP contribution in [0.15, 0.2) is 50.8 Å². The van der Waals surface area contributed by atoms with Crippen LogP contribution < -0.4 is 0 Å². The molecule has 1 aromatic rings. The molecule has 0 aliphatic heterocycles. The van der Waals surface area contributed by atoms with Gasteiger partial charge in [0.2, 0.25) is 10.0 Å². The molecule has 8 heteroatoms. The van der Waals surface area contributed by atoms with Crippen LogP contribution in [0.4, 0.5) is 5.69 Å². The number of hydrogen-bond donors (Lipinski definition) is 1. The SMILES string of the molecule is CCN(CC)S(=O)(=O)c1ccc(N=NC(C(C)=O)=C(C)O)cc1. The van der Waals surface area contributed by atoms with E-state index in [0.29, 0.717) is 18.8 Å². The minimum absolute atomic E-state index is 0.134. The third kappa shape index (κ3) is 4.70. The number of aliphatic hydroxyl groups excluding tert-OH is 1. The summed E-state index contributed by atoms with van der Waals surface area (Å²) in [5.41, 5.74) is 0.244. The maximum Gasteiger partial charge on any atom is 0.243 e. The number of Topliss-reactive ketones (excluding diaryl/α,β-unsaturated/α-hetero) is 1. The van der Waals surface area contributed by atoms with E-state index >= 15 is 0 Å². The second kappa shape index (κ2) is 7.98. The van der Waals surface area contributed by atoms with Crippen LogP contribution in [0.5, 0.6) is 0 Å². The van der Waals surface area contributed by atoms with Gasteiger partial charge in [-0.05, 0) is 31.2 Å². The zero-order chi connectivity index (χ0) is 17.6. The Balaban J connectivity index is 3.07. The van der Waals surface area contributed by atoms with Gasteiger partial charge in [0.05, 0.1) is 10.6 Å². The summed E-state index contributed by atoms with van der Waals surface area (Å²) in [6.07, 6.45) is 0. The Morgan fingerprint density at radius 3 is 2.04 bits per heavy atom. The van der Waals surface area contributed by atoms with Crippen molar-refractivity contribution in [2.75, 3.05) is 13.1 Å². The first-order valence-electron chi connectivity index (χ1n) is 7.16. The standard InChI is InChI=1S/C15H21N3O4S/c1-5-18(6-2)23(21,22)14-9-7-13(8-10-14)16-17-15(11(3)19)12(4)20/h7-10,19H,5-6H2,1-4H3. The molecule has 1 aromatic carbocycles. The van der Waals surface area contributed by atoms with Crippen LogP contribution in [-0.4, -0.2) is 36.7 Å². The highest BCUT2D eigenvalue weighted by Crippen LogP contribution is 2.21. The van der Waals surface area contributed by atoms with Crippen LogP contribution in [0, 0.1) is 0 Å². The largest absolute Gasteiger partial charge is 0.510 e. The van der Waals surface area contributed by atoms with E-state index in [1.165, 1.54) is 42.4 Å². The van der Waals surface area contributed by atoms with Gasteiger partial charge in [0, 0.05) is 20.0 Å². The third-order valence-corrected chi connectivity index (χ3v) is 5.19. The maximum absolute atomic E-state index is 12.3. The second-order valence-corrected chi connectivity index (χ2v) is 6.71. The number of carbonyl (C=O) groups is 1. The summed E-state index contributed by atoms with van der Waals surface area (Å²) in [4.78, 5) is 11.4. The van der Waals surface area contributed by atoms with E-state index < -0.39 is 15.8 Å². The van der Waals surface area contributed by atoms with Gasteiger partial charge < -0.3 is 5.11 Å². The van der Waals surface area contributed by atoms with Gasteiger partial charge in [-0.15, -0.1) is 5.11 Å². The lowest BCUT2D eigenvalue weighted by Crippen LogP contribution is -2.30. The summed E-state index contributed by atoms with van der Waals surface area (Å²) < 4.78 is 26.0. The monoisotopic (exact) mass is 339 g/mol. The minimum Gasteiger partial charge on any atom is -0.510 e. The van der Waals surface area contributed by atoms with Crippen LogP contribution >= 0.6 is 0 Å². The molecule has 0 aromatic heterocycles. The number of azo groups is 1. The fourth-order valence-corrected chi connectivity index (χ4v) is 3.36. The number of benzene rings is 1. The van der Waals surface area contributed by atoms with Crippen molar-refractivity contribution < 1.29 is 18.3 Å². The number of ketones is 1. The van der Waals surface area contributed by atoms with Gasteiger partial charge in [-0.1, -0.05) is 13.8 Å². The molecule has 1 rings (SSSR count). The first kappa shape index (κ1) is 19.0. The summed E-state index contributed by atoms with van der Waals surface area (Å²) in [7, 11) is -3.52. The summed E-state index contributed by atoms with van der Waals surface area (Å²) in [6.45, 7) is 6.95. The van der Waals surface area contributed by atoms with Crippen molar-refractivity contribution >= 4 is 21.5 Å². The molecule has 0 spiro atoms. The van der Waals surface area contributed by atoms with Crippen molar-refractivity contribution in [2.24, 2.45) is 10.2 Å². The molecule has 0 saturated heterocycles. The molecule has 0 aliphatic rings. The van der Waals surface area contributed by atoms with Gasteiger partial charge in [-0.25, -0.2) is 8.42 Å². The molecule has 0 atom stereocenters. The van der Waals surface area contributed by atoms with E-state index in [-0.39, 0.29) is 16.4 Å². The number of carbonyl (C=O) groups excluding carboxylic acids is 1. The van der Waals surface area contributed by atoms with Gasteiger partial charge in [0.15, 0.2) is 11.5 Å². The highest BCUT2D eigenvalue weighted by Gasteiger charge is 2.21. The molecule has 23 heavy (non-hydrogen) atoms. The molecule has 0 radical (unpaired) electrons. The van der Waals surface area contributed by atoms with Crippen molar-refractivity contribution in [2.45, 2.75) is 32.6 Å².